The third-order valence-electron chi connectivity index (χ3n) is 2.43. The van der Waals surface area contributed by atoms with Gasteiger partial charge >= 0.3 is 0 Å². The number of H-pyrrole nitrogens is 4. The van der Waals surface area contributed by atoms with Crippen molar-refractivity contribution in [3.63, 3.8) is 0 Å². The van der Waals surface area contributed by atoms with Crippen LogP contribution in [0.1, 0.15) is 0 Å². The zero-order valence-electron chi connectivity index (χ0n) is 17.6. The average Bonchev–Trinajstić information content (AvgIpc) is 2.83. The van der Waals surface area contributed by atoms with Crippen molar-refractivity contribution in [1.82, 2.24) is 0 Å². The molecule has 0 fully saturated rings. The lowest BCUT2D eigenvalue weighted by atomic mass is 10.5. The molecule has 4 rings (SSSR count). The first-order valence-electron chi connectivity index (χ1n) is 8.98. The first-order chi connectivity index (χ1) is 16.0. The number of aromatic amines is 4. The second-order valence-electron chi connectivity index (χ2n) is 5.13. The Balaban J connectivity index is 0. The normalized spacial score (nSPS) is 9.06. The van der Waals surface area contributed by atoms with Crippen molar-refractivity contribution < 1.29 is 55.0 Å². The summed E-state index contributed by atoms with van der Waals surface area (Å²) in [5.41, 5.74) is 0. The maximum atomic E-state index is 8.52. The molecule has 0 radical (unpaired) electrons. The summed E-state index contributed by atoms with van der Waals surface area (Å²) < 4.78 is 68.2. The summed E-state index contributed by atoms with van der Waals surface area (Å²) in [6, 6.07) is 23.4. The van der Waals surface area contributed by atoms with Crippen LogP contribution in [0, 0.1) is 0 Å². The minimum Gasteiger partial charge on any atom is -0.759 e. The Hall–Kier alpha value is -3.66. The van der Waals surface area contributed by atoms with Crippen LogP contribution in [0.5, 0.6) is 0 Å². The molecule has 34 heavy (non-hydrogen) atoms. The Kier molecular flexibility index (Phi) is 21.5. The van der Waals surface area contributed by atoms with Gasteiger partial charge in [0.15, 0.2) is 49.6 Å². The molecule has 12 nitrogen and oxygen atoms in total. The van der Waals surface area contributed by atoms with E-state index in [0.717, 1.165) is 0 Å². The minimum atomic E-state index is -5.17. The second kappa shape index (κ2) is 22.5. The molecule has 0 aliphatic carbocycles. The summed E-state index contributed by atoms with van der Waals surface area (Å²) in [7, 11) is -10.3. The standard InChI is InChI=1S/4C5H5N.2H2O4S/c4*1-2-4-6-5-3-1;2*1-5(2,3)4/h4*1-5H;2*(H2,1,2,3,4). The molecule has 0 aromatic carbocycles. The van der Waals surface area contributed by atoms with Gasteiger partial charge in [-0.05, 0) is 0 Å². The van der Waals surface area contributed by atoms with Crippen LogP contribution in [0.4, 0.5) is 0 Å². The molecule has 0 bridgehead atoms. The molecule has 4 aromatic rings. The predicted octanol–water partition coefficient (Wildman–Crippen LogP) is -0.673. The molecule has 4 aromatic heterocycles. The summed E-state index contributed by atoms with van der Waals surface area (Å²) in [6.45, 7) is 0. The molecule has 14 heteroatoms. The fourth-order valence-corrected chi connectivity index (χ4v) is 1.37. The van der Waals surface area contributed by atoms with Gasteiger partial charge in [0, 0.05) is 69.3 Å². The highest BCUT2D eigenvalue weighted by Crippen LogP contribution is 1.70. The van der Waals surface area contributed by atoms with Crippen molar-refractivity contribution in [2.24, 2.45) is 0 Å². The topological polar surface area (TPSA) is 217 Å². The Bertz CT molecular complexity index is 832. The number of hydrogen-bond acceptors (Lipinski definition) is 8. The summed E-state index contributed by atoms with van der Waals surface area (Å²) in [5.74, 6) is 0. The summed E-state index contributed by atoms with van der Waals surface area (Å²) in [5, 5.41) is 0. The molecule has 0 atom stereocenters. The highest BCUT2D eigenvalue weighted by atomic mass is 32.3. The van der Waals surface area contributed by atoms with Gasteiger partial charge < -0.3 is 18.2 Å². The van der Waals surface area contributed by atoms with Gasteiger partial charge in [-0.3, -0.25) is 16.8 Å². The summed E-state index contributed by atoms with van der Waals surface area (Å²) >= 11 is 0. The number of hydrogen-bond donors (Lipinski definition) is 0. The molecule has 0 saturated carbocycles. The van der Waals surface area contributed by atoms with E-state index in [1.165, 1.54) is 0 Å². The van der Waals surface area contributed by atoms with Gasteiger partial charge in [-0.1, -0.05) is 24.3 Å². The predicted molar refractivity (Wildman–Crippen MR) is 113 cm³/mol. The molecule has 0 saturated heterocycles. The Morgan fingerprint density at radius 1 is 0.324 bits per heavy atom. The second-order valence-corrected chi connectivity index (χ2v) is 6.76. The molecule has 0 amide bonds. The maximum Gasteiger partial charge on any atom is 0.166 e. The molecule has 4 N–H and O–H groups in total. The quantitative estimate of drug-likeness (QED) is 0.217. The van der Waals surface area contributed by atoms with Gasteiger partial charge in [-0.2, -0.15) is 0 Å². The SMILES string of the molecule is O=S(=O)([O-])[O-].O=S(=O)([O-])[O-].c1cc[nH+]cc1.c1cc[nH+]cc1.c1cc[nH+]cc1.c1cc[nH+]cc1. The van der Waals surface area contributed by atoms with Gasteiger partial charge in [0.25, 0.3) is 0 Å². The number of rotatable bonds is 0. The van der Waals surface area contributed by atoms with Gasteiger partial charge in [-0.25, -0.2) is 19.9 Å². The minimum absolute atomic E-state index is 1.88. The molecule has 0 unspecified atom stereocenters. The van der Waals surface area contributed by atoms with E-state index in [1.807, 2.05) is 122 Å². The van der Waals surface area contributed by atoms with Crippen molar-refractivity contribution in [2.75, 3.05) is 0 Å². The summed E-state index contributed by atoms with van der Waals surface area (Å²) in [6.07, 6.45) is 15.0. The van der Waals surface area contributed by atoms with Crippen molar-refractivity contribution in [3.8, 4) is 0 Å². The Morgan fingerprint density at radius 3 is 0.471 bits per heavy atom. The zero-order chi connectivity index (χ0) is 26.0. The molecule has 0 spiro atoms. The van der Waals surface area contributed by atoms with Crippen LogP contribution in [0.2, 0.25) is 0 Å². The Labute approximate surface area is 198 Å². The van der Waals surface area contributed by atoms with Crippen LogP contribution < -0.4 is 19.9 Å². The van der Waals surface area contributed by atoms with Crippen LogP contribution in [-0.4, -0.2) is 35.0 Å². The average molecular weight is 513 g/mol. The Morgan fingerprint density at radius 2 is 0.441 bits per heavy atom. The van der Waals surface area contributed by atoms with Crippen LogP contribution in [0.25, 0.3) is 0 Å². The van der Waals surface area contributed by atoms with Gasteiger partial charge in [0.2, 0.25) is 0 Å². The smallest absolute Gasteiger partial charge is 0.166 e. The van der Waals surface area contributed by atoms with E-state index < -0.39 is 20.8 Å². The number of pyridine rings is 4. The van der Waals surface area contributed by atoms with Gasteiger partial charge in [0.05, 0.1) is 0 Å². The van der Waals surface area contributed by atoms with Crippen molar-refractivity contribution in [2.45, 2.75) is 0 Å². The van der Waals surface area contributed by atoms with Crippen LogP contribution in [0.3, 0.4) is 0 Å². The third kappa shape index (κ3) is 51.2. The highest BCUT2D eigenvalue weighted by Gasteiger charge is 1.67. The maximum absolute atomic E-state index is 8.52. The van der Waals surface area contributed by atoms with Gasteiger partial charge in [-0.15, -0.1) is 0 Å². The van der Waals surface area contributed by atoms with Crippen LogP contribution in [-0.2, 0) is 20.8 Å². The van der Waals surface area contributed by atoms with E-state index in [4.69, 9.17) is 35.0 Å². The zero-order valence-corrected chi connectivity index (χ0v) is 19.3. The fourth-order valence-electron chi connectivity index (χ4n) is 1.37. The van der Waals surface area contributed by atoms with Crippen molar-refractivity contribution >= 4 is 20.8 Å². The lowest BCUT2D eigenvalue weighted by molar-refractivity contribution is -0.378. The number of aromatic nitrogens is 4. The molecular formula is C20H24N4O8S2. The van der Waals surface area contributed by atoms with E-state index in [9.17, 15) is 0 Å². The first-order valence-corrected chi connectivity index (χ1v) is 11.6. The first kappa shape index (κ1) is 32.5. The number of nitrogens with one attached hydrogen (secondary N) is 4. The van der Waals surface area contributed by atoms with E-state index in [2.05, 4.69) is 19.9 Å². The van der Waals surface area contributed by atoms with Crippen molar-refractivity contribution in [3.05, 3.63) is 122 Å². The van der Waals surface area contributed by atoms with E-state index in [-0.39, 0.29) is 0 Å². The summed E-state index contributed by atoms with van der Waals surface area (Å²) in [4.78, 5) is 11.6. The van der Waals surface area contributed by atoms with Crippen molar-refractivity contribution in [1.29, 1.82) is 0 Å². The molecule has 0 aliphatic heterocycles. The van der Waals surface area contributed by atoms with E-state index in [1.54, 1.807) is 0 Å². The molecular weight excluding hydrogens is 488 g/mol. The fraction of sp³-hybridized carbons (Fsp3) is 0. The van der Waals surface area contributed by atoms with E-state index in [0.29, 0.717) is 0 Å². The molecule has 184 valence electrons. The largest absolute Gasteiger partial charge is 0.759 e. The molecule has 0 aliphatic rings. The van der Waals surface area contributed by atoms with E-state index >= 15 is 0 Å². The van der Waals surface area contributed by atoms with Crippen LogP contribution in [0.15, 0.2) is 122 Å². The molecule has 4 heterocycles. The third-order valence-corrected chi connectivity index (χ3v) is 2.43. The lowest BCUT2D eigenvalue weighted by Gasteiger charge is -2.06. The lowest BCUT2D eigenvalue weighted by Crippen LogP contribution is -1.93. The van der Waals surface area contributed by atoms with Crippen LogP contribution >= 0.6 is 0 Å². The highest BCUT2D eigenvalue weighted by molar-refractivity contribution is 7.79. The van der Waals surface area contributed by atoms with Gasteiger partial charge in [0.1, 0.15) is 0 Å². The monoisotopic (exact) mass is 512 g/mol.